The van der Waals surface area contributed by atoms with Gasteiger partial charge in [0.15, 0.2) is 0 Å². The van der Waals surface area contributed by atoms with Crippen LogP contribution in [0.3, 0.4) is 0 Å². The summed E-state index contributed by atoms with van der Waals surface area (Å²) in [4.78, 5) is 0. The van der Waals surface area contributed by atoms with Crippen LogP contribution in [0.25, 0.3) is 0 Å². The number of nitriles is 1. The number of rotatable bonds is 0. The Morgan fingerprint density at radius 1 is 1.00 bits per heavy atom. The van der Waals surface area contributed by atoms with Gasteiger partial charge in [0, 0.05) is 5.41 Å². The highest BCUT2D eigenvalue weighted by Crippen LogP contribution is 3.07. The Bertz CT molecular complexity index is 480. The fraction of sp³-hybridized carbons (Fsp3) is 0.917. The maximum atomic E-state index is 9.40. The molecule has 7 saturated carbocycles. The highest BCUT2D eigenvalue weighted by Gasteiger charge is 3.07. The van der Waals surface area contributed by atoms with Crippen molar-refractivity contribution < 1.29 is 0 Å². The van der Waals surface area contributed by atoms with Gasteiger partial charge in [0.05, 0.1) is 11.5 Å². The lowest BCUT2D eigenvalue weighted by atomic mass is 9.86. The second-order valence-electron chi connectivity index (χ2n) is 6.75. The number of alkyl halides is 2. The van der Waals surface area contributed by atoms with E-state index in [4.69, 9.17) is 23.2 Å². The number of nitrogens with zero attached hydrogens (tertiary/aromatic N) is 1. The van der Waals surface area contributed by atoms with Crippen molar-refractivity contribution in [3.63, 3.8) is 0 Å². The van der Waals surface area contributed by atoms with Crippen LogP contribution in [0.1, 0.15) is 6.42 Å². The Labute approximate surface area is 97.7 Å². The average molecular weight is 238 g/mol. The first-order chi connectivity index (χ1) is 7.13. The van der Waals surface area contributed by atoms with Crippen LogP contribution >= 0.6 is 23.2 Å². The molecule has 0 aromatic rings. The smallest absolute Gasteiger partial charge is 0.125 e. The maximum absolute atomic E-state index is 9.40. The molecule has 7 rings (SSSR count). The van der Waals surface area contributed by atoms with E-state index in [2.05, 4.69) is 6.07 Å². The van der Waals surface area contributed by atoms with Crippen LogP contribution in [-0.4, -0.2) is 4.33 Å². The fourth-order valence-corrected chi connectivity index (χ4v) is 8.12. The molecule has 2 bridgehead atoms. The fourth-order valence-electron chi connectivity index (χ4n) is 7.17. The maximum Gasteiger partial charge on any atom is 0.125 e. The third-order valence-corrected chi connectivity index (χ3v) is 8.09. The molecule has 0 radical (unpaired) electrons. The lowest BCUT2D eigenvalue weighted by Gasteiger charge is -2.21. The van der Waals surface area contributed by atoms with Gasteiger partial charge in [-0.15, -0.1) is 23.2 Å². The molecule has 3 heteroatoms. The van der Waals surface area contributed by atoms with Crippen molar-refractivity contribution in [1.29, 1.82) is 5.26 Å². The summed E-state index contributed by atoms with van der Waals surface area (Å²) in [5.74, 6) is 5.43. The third kappa shape index (κ3) is 0.374. The Balaban J connectivity index is 1.64. The predicted molar refractivity (Wildman–Crippen MR) is 54.0 cm³/mol. The Hall–Kier alpha value is 0.0700. The molecule has 0 aliphatic heterocycles. The van der Waals surface area contributed by atoms with Gasteiger partial charge in [-0.1, -0.05) is 0 Å². The van der Waals surface area contributed by atoms with E-state index in [0.29, 0.717) is 11.8 Å². The molecule has 7 aliphatic carbocycles. The molecule has 7 aliphatic rings. The molecule has 15 heavy (non-hydrogen) atoms. The minimum absolute atomic E-state index is 0.141. The van der Waals surface area contributed by atoms with Gasteiger partial charge < -0.3 is 0 Å². The van der Waals surface area contributed by atoms with E-state index >= 15 is 0 Å². The van der Waals surface area contributed by atoms with Gasteiger partial charge in [-0.3, -0.25) is 0 Å². The molecule has 6 unspecified atom stereocenters. The SMILES string of the molecule is N#CC12C3C4C3C3C1C2C4C31CC1(Cl)Cl. The van der Waals surface area contributed by atoms with Crippen LogP contribution in [0.15, 0.2) is 0 Å². The molecule has 0 N–H and O–H groups in total. The van der Waals surface area contributed by atoms with E-state index in [9.17, 15) is 5.26 Å². The minimum atomic E-state index is -0.417. The summed E-state index contributed by atoms with van der Waals surface area (Å²) in [5.41, 5.74) is 0.427. The van der Waals surface area contributed by atoms with E-state index in [0.717, 1.165) is 36.0 Å². The third-order valence-electron chi connectivity index (χ3n) is 7.12. The monoisotopic (exact) mass is 237 g/mol. The normalized spacial score (nSPS) is 84.7. The molecule has 0 aromatic heterocycles. The molecule has 0 heterocycles. The Morgan fingerprint density at radius 3 is 1.87 bits per heavy atom. The van der Waals surface area contributed by atoms with Gasteiger partial charge in [-0.05, 0) is 47.8 Å². The first kappa shape index (κ1) is 7.41. The Morgan fingerprint density at radius 2 is 1.53 bits per heavy atom. The topological polar surface area (TPSA) is 23.8 Å². The quantitative estimate of drug-likeness (QED) is 0.594. The second kappa shape index (κ2) is 1.42. The lowest BCUT2D eigenvalue weighted by Crippen LogP contribution is -2.21. The van der Waals surface area contributed by atoms with Gasteiger partial charge >= 0.3 is 0 Å². The molecule has 0 aromatic carbocycles. The molecular formula is C12H9Cl2N. The Kier molecular flexibility index (Phi) is 0.704. The first-order valence-electron chi connectivity index (χ1n) is 5.92. The van der Waals surface area contributed by atoms with Crippen LogP contribution in [0.4, 0.5) is 0 Å². The summed E-state index contributed by atoms with van der Waals surface area (Å²) in [6.07, 6.45) is 1.02. The van der Waals surface area contributed by atoms with Crippen molar-refractivity contribution in [2.45, 2.75) is 10.8 Å². The zero-order chi connectivity index (χ0) is 9.96. The first-order valence-corrected chi connectivity index (χ1v) is 6.67. The van der Waals surface area contributed by atoms with E-state index in [1.54, 1.807) is 0 Å². The van der Waals surface area contributed by atoms with Gasteiger partial charge in [0.25, 0.3) is 0 Å². The largest absolute Gasteiger partial charge is 0.198 e. The van der Waals surface area contributed by atoms with Crippen molar-refractivity contribution in [2.24, 2.45) is 52.3 Å². The van der Waals surface area contributed by atoms with Crippen molar-refractivity contribution in [2.75, 3.05) is 0 Å². The summed E-state index contributed by atoms with van der Waals surface area (Å²) in [6.45, 7) is 0. The molecule has 1 spiro atoms. The van der Waals surface area contributed by atoms with Gasteiger partial charge in [-0.25, -0.2) is 0 Å². The predicted octanol–water partition coefficient (Wildman–Crippen LogP) is 2.44. The van der Waals surface area contributed by atoms with Crippen LogP contribution in [0.2, 0.25) is 0 Å². The summed E-state index contributed by atoms with van der Waals surface area (Å²) in [6, 6.07) is 2.66. The highest BCUT2D eigenvalue weighted by molar-refractivity contribution is 6.51. The molecule has 7 fully saturated rings. The summed E-state index contributed by atoms with van der Waals surface area (Å²) >= 11 is 12.8. The number of halogens is 2. The van der Waals surface area contributed by atoms with Gasteiger partial charge in [0.2, 0.25) is 0 Å². The summed E-state index contributed by atoms with van der Waals surface area (Å²) in [5, 5.41) is 9.40. The number of hydrogen-bond acceptors (Lipinski definition) is 1. The summed E-state index contributed by atoms with van der Waals surface area (Å²) < 4.78 is -0.417. The van der Waals surface area contributed by atoms with E-state index in [-0.39, 0.29) is 10.8 Å². The number of hydrogen-bond donors (Lipinski definition) is 0. The van der Waals surface area contributed by atoms with E-state index < -0.39 is 4.33 Å². The highest BCUT2D eigenvalue weighted by atomic mass is 35.5. The zero-order valence-corrected chi connectivity index (χ0v) is 9.46. The zero-order valence-electron chi connectivity index (χ0n) is 7.95. The van der Waals surface area contributed by atoms with Crippen LogP contribution in [0.5, 0.6) is 0 Å². The molecule has 0 saturated heterocycles. The van der Waals surface area contributed by atoms with Crippen molar-refractivity contribution >= 4 is 23.2 Å². The lowest BCUT2D eigenvalue weighted by molar-refractivity contribution is 0.292. The second-order valence-corrected chi connectivity index (χ2v) is 8.23. The van der Waals surface area contributed by atoms with Gasteiger partial charge in [0.1, 0.15) is 4.33 Å². The standard InChI is InChI=1S/C12H9Cl2N/c13-12(14)1-11(12)6-3-4-5(3)10(2-15)8(6)9(10)7(4)11/h3-9H,1H2. The van der Waals surface area contributed by atoms with Crippen molar-refractivity contribution in [3.05, 3.63) is 0 Å². The minimum Gasteiger partial charge on any atom is -0.198 e. The van der Waals surface area contributed by atoms with E-state index in [1.807, 2.05) is 0 Å². The molecule has 6 atom stereocenters. The van der Waals surface area contributed by atoms with Crippen LogP contribution in [-0.2, 0) is 0 Å². The van der Waals surface area contributed by atoms with Gasteiger partial charge in [-0.2, -0.15) is 5.26 Å². The molecule has 76 valence electrons. The molecule has 1 nitrogen and oxygen atoms in total. The van der Waals surface area contributed by atoms with Crippen molar-refractivity contribution in [3.8, 4) is 6.07 Å². The molecular weight excluding hydrogens is 229 g/mol. The van der Waals surface area contributed by atoms with Crippen molar-refractivity contribution in [1.82, 2.24) is 0 Å². The molecule has 0 amide bonds. The van der Waals surface area contributed by atoms with E-state index in [1.165, 1.54) is 0 Å². The van der Waals surface area contributed by atoms with Crippen LogP contribution < -0.4 is 0 Å². The van der Waals surface area contributed by atoms with Crippen LogP contribution in [0, 0.1) is 63.6 Å². The summed E-state index contributed by atoms with van der Waals surface area (Å²) in [7, 11) is 0. The average Bonchev–Trinajstić information content (AvgIpc) is 3.07.